The monoisotopic (exact) mass is 232 g/mol. The minimum atomic E-state index is 0.374. The fourth-order valence-corrected chi connectivity index (χ4v) is 2.64. The van der Waals surface area contributed by atoms with Crippen molar-refractivity contribution in [1.29, 1.82) is 0 Å². The van der Waals surface area contributed by atoms with E-state index in [1.807, 2.05) is 0 Å². The van der Waals surface area contributed by atoms with Crippen molar-refractivity contribution in [1.82, 2.24) is 9.36 Å². The molecule has 0 aliphatic carbocycles. The van der Waals surface area contributed by atoms with Gasteiger partial charge in [0.1, 0.15) is 0 Å². The van der Waals surface area contributed by atoms with Gasteiger partial charge in [0.2, 0.25) is 11.1 Å². The predicted octanol–water partition coefficient (Wildman–Crippen LogP) is 1.68. The number of fused-ring (bicyclic) bond motifs is 1. The Bertz CT molecular complexity index is 508. The van der Waals surface area contributed by atoms with Crippen molar-refractivity contribution in [3.63, 3.8) is 0 Å². The summed E-state index contributed by atoms with van der Waals surface area (Å²) in [4.78, 5) is 6.45. The summed E-state index contributed by atoms with van der Waals surface area (Å²) in [5, 5.41) is 0.923. The van der Waals surface area contributed by atoms with Crippen molar-refractivity contribution in [2.24, 2.45) is 0 Å². The van der Waals surface area contributed by atoms with Gasteiger partial charge in [-0.05, 0) is 17.5 Å². The minimum Gasteiger partial charge on any atom is -0.367 e. The molecule has 1 aromatic heterocycles. The SMILES string of the molecule is Nc1nsc(N2CCc3ccccc3C2)n1. The molecule has 2 N–H and O–H groups in total. The van der Waals surface area contributed by atoms with Crippen LogP contribution < -0.4 is 10.6 Å². The van der Waals surface area contributed by atoms with Crippen LogP contribution in [0, 0.1) is 0 Å². The zero-order valence-electron chi connectivity index (χ0n) is 8.76. The molecule has 16 heavy (non-hydrogen) atoms. The molecule has 0 fully saturated rings. The van der Waals surface area contributed by atoms with E-state index >= 15 is 0 Å². The lowest BCUT2D eigenvalue weighted by atomic mass is 10.0. The van der Waals surface area contributed by atoms with Crippen LogP contribution >= 0.6 is 11.5 Å². The van der Waals surface area contributed by atoms with E-state index in [9.17, 15) is 0 Å². The largest absolute Gasteiger partial charge is 0.367 e. The number of nitrogens with zero attached hydrogens (tertiary/aromatic N) is 3. The maximum absolute atomic E-state index is 5.54. The van der Waals surface area contributed by atoms with E-state index < -0.39 is 0 Å². The van der Waals surface area contributed by atoms with Gasteiger partial charge in [0.25, 0.3) is 0 Å². The molecule has 1 aliphatic heterocycles. The van der Waals surface area contributed by atoms with Crippen molar-refractivity contribution < 1.29 is 0 Å². The lowest BCUT2D eigenvalue weighted by molar-refractivity contribution is 0.729. The standard InChI is InChI=1S/C11H12N4S/c12-10-13-11(16-14-10)15-6-5-8-3-1-2-4-9(8)7-15/h1-4H,5-7H2,(H2,12,14). The number of anilines is 2. The summed E-state index contributed by atoms with van der Waals surface area (Å²) < 4.78 is 4.01. The predicted molar refractivity (Wildman–Crippen MR) is 65.5 cm³/mol. The highest BCUT2D eigenvalue weighted by molar-refractivity contribution is 7.09. The highest BCUT2D eigenvalue weighted by atomic mass is 32.1. The Morgan fingerprint density at radius 3 is 2.81 bits per heavy atom. The first-order valence-electron chi connectivity index (χ1n) is 5.24. The third-order valence-electron chi connectivity index (χ3n) is 2.83. The molecule has 5 heteroatoms. The van der Waals surface area contributed by atoms with Crippen LogP contribution in [0.2, 0.25) is 0 Å². The number of hydrogen-bond donors (Lipinski definition) is 1. The second-order valence-corrected chi connectivity index (χ2v) is 4.61. The van der Waals surface area contributed by atoms with Gasteiger partial charge in [0.05, 0.1) is 0 Å². The molecule has 0 radical (unpaired) electrons. The average Bonchev–Trinajstić information content (AvgIpc) is 2.75. The third-order valence-corrected chi connectivity index (χ3v) is 3.62. The molecular weight excluding hydrogens is 220 g/mol. The topological polar surface area (TPSA) is 55.0 Å². The minimum absolute atomic E-state index is 0.374. The summed E-state index contributed by atoms with van der Waals surface area (Å²) in [7, 11) is 0. The highest BCUT2D eigenvalue weighted by Gasteiger charge is 2.18. The van der Waals surface area contributed by atoms with Crippen LogP contribution in [0.25, 0.3) is 0 Å². The molecule has 0 unspecified atom stereocenters. The molecule has 2 aromatic rings. The number of benzene rings is 1. The maximum atomic E-state index is 5.54. The van der Waals surface area contributed by atoms with Crippen LogP contribution in [0.3, 0.4) is 0 Å². The van der Waals surface area contributed by atoms with E-state index in [0.29, 0.717) is 5.95 Å². The van der Waals surface area contributed by atoms with Gasteiger partial charge in [-0.2, -0.15) is 9.36 Å². The van der Waals surface area contributed by atoms with Crippen molar-refractivity contribution >= 4 is 22.6 Å². The molecule has 0 bridgehead atoms. The zero-order chi connectivity index (χ0) is 11.0. The molecule has 3 rings (SSSR count). The molecule has 1 aromatic carbocycles. The first-order chi connectivity index (χ1) is 7.83. The lowest BCUT2D eigenvalue weighted by Crippen LogP contribution is -2.30. The molecular formula is C11H12N4S. The smallest absolute Gasteiger partial charge is 0.233 e. The molecule has 0 amide bonds. The molecule has 4 nitrogen and oxygen atoms in total. The van der Waals surface area contributed by atoms with Crippen LogP contribution in [0.15, 0.2) is 24.3 Å². The van der Waals surface area contributed by atoms with E-state index in [-0.39, 0.29) is 0 Å². The summed E-state index contributed by atoms with van der Waals surface area (Å²) in [6.07, 6.45) is 1.07. The van der Waals surface area contributed by atoms with Gasteiger partial charge in [-0.25, -0.2) is 0 Å². The summed E-state index contributed by atoms with van der Waals surface area (Å²) in [5.74, 6) is 0.374. The van der Waals surface area contributed by atoms with Crippen molar-refractivity contribution in [2.75, 3.05) is 17.2 Å². The lowest BCUT2D eigenvalue weighted by Gasteiger charge is -2.27. The molecule has 0 saturated carbocycles. The maximum Gasteiger partial charge on any atom is 0.233 e. The Kier molecular flexibility index (Phi) is 2.25. The Morgan fingerprint density at radius 1 is 1.25 bits per heavy atom. The molecule has 0 atom stereocenters. The fourth-order valence-electron chi connectivity index (χ4n) is 2.01. The summed E-state index contributed by atoms with van der Waals surface area (Å²) in [6.45, 7) is 1.90. The van der Waals surface area contributed by atoms with Crippen LogP contribution in [0.4, 0.5) is 11.1 Å². The molecule has 1 aliphatic rings. The number of nitrogens with two attached hydrogens (primary N) is 1. The summed E-state index contributed by atoms with van der Waals surface area (Å²) >= 11 is 1.37. The van der Waals surface area contributed by atoms with Gasteiger partial charge in [-0.15, -0.1) is 0 Å². The van der Waals surface area contributed by atoms with Crippen LogP contribution in [-0.4, -0.2) is 15.9 Å². The van der Waals surface area contributed by atoms with Gasteiger partial charge in [-0.3, -0.25) is 0 Å². The van der Waals surface area contributed by atoms with Crippen LogP contribution in [-0.2, 0) is 13.0 Å². The van der Waals surface area contributed by atoms with E-state index in [0.717, 1.165) is 24.6 Å². The van der Waals surface area contributed by atoms with Gasteiger partial charge >= 0.3 is 0 Å². The zero-order valence-corrected chi connectivity index (χ0v) is 9.57. The van der Waals surface area contributed by atoms with Crippen molar-refractivity contribution in [3.8, 4) is 0 Å². The second-order valence-electron chi connectivity index (χ2n) is 3.88. The van der Waals surface area contributed by atoms with E-state index in [1.54, 1.807) is 0 Å². The van der Waals surface area contributed by atoms with Gasteiger partial charge < -0.3 is 10.6 Å². The van der Waals surface area contributed by atoms with Gasteiger partial charge in [-0.1, -0.05) is 24.3 Å². The quantitative estimate of drug-likeness (QED) is 0.812. The third kappa shape index (κ3) is 1.63. The number of rotatable bonds is 1. The number of aromatic nitrogens is 2. The number of nitrogen functional groups attached to an aromatic ring is 1. The van der Waals surface area contributed by atoms with Crippen LogP contribution in [0.5, 0.6) is 0 Å². The van der Waals surface area contributed by atoms with Crippen molar-refractivity contribution in [2.45, 2.75) is 13.0 Å². The van der Waals surface area contributed by atoms with Gasteiger partial charge in [0, 0.05) is 24.6 Å². The van der Waals surface area contributed by atoms with Gasteiger partial charge in [0.15, 0.2) is 0 Å². The number of hydrogen-bond acceptors (Lipinski definition) is 5. The first-order valence-corrected chi connectivity index (χ1v) is 6.01. The molecule has 2 heterocycles. The molecule has 0 saturated heterocycles. The van der Waals surface area contributed by atoms with E-state index in [1.165, 1.54) is 22.7 Å². The Labute approximate surface area is 97.9 Å². The van der Waals surface area contributed by atoms with Crippen molar-refractivity contribution in [3.05, 3.63) is 35.4 Å². The normalized spacial score (nSPS) is 14.9. The molecule has 0 spiro atoms. The average molecular weight is 232 g/mol. The summed E-state index contributed by atoms with van der Waals surface area (Å²) in [5.41, 5.74) is 8.36. The highest BCUT2D eigenvalue weighted by Crippen LogP contribution is 2.25. The first kappa shape index (κ1) is 9.59. The molecule has 82 valence electrons. The Hall–Kier alpha value is -1.62. The van der Waals surface area contributed by atoms with Crippen LogP contribution in [0.1, 0.15) is 11.1 Å². The van der Waals surface area contributed by atoms with E-state index in [2.05, 4.69) is 38.5 Å². The Balaban J connectivity index is 1.88. The second kappa shape index (κ2) is 3.75. The Morgan fingerprint density at radius 2 is 2.06 bits per heavy atom. The summed E-state index contributed by atoms with van der Waals surface area (Å²) in [6, 6.07) is 8.54. The fraction of sp³-hybridized carbons (Fsp3) is 0.273. The van der Waals surface area contributed by atoms with E-state index in [4.69, 9.17) is 5.73 Å².